The summed E-state index contributed by atoms with van der Waals surface area (Å²) >= 11 is 0. The van der Waals surface area contributed by atoms with Crippen LogP contribution in [0.5, 0.6) is 0 Å². The van der Waals surface area contributed by atoms with Gasteiger partial charge in [0.2, 0.25) is 5.91 Å². The van der Waals surface area contributed by atoms with Gasteiger partial charge in [-0.15, -0.1) is 0 Å². The molecule has 2 rings (SSSR count). The van der Waals surface area contributed by atoms with Crippen LogP contribution >= 0.6 is 0 Å². The van der Waals surface area contributed by atoms with Gasteiger partial charge in [0.15, 0.2) is 0 Å². The monoisotopic (exact) mass is 493 g/mol. The lowest BCUT2D eigenvalue weighted by molar-refractivity contribution is -0.440. The highest BCUT2D eigenvalue weighted by Gasteiger charge is 2.90. The lowest BCUT2D eigenvalue weighted by atomic mass is 9.76. The van der Waals surface area contributed by atoms with E-state index >= 15 is 0 Å². The first-order chi connectivity index (χ1) is 14.0. The summed E-state index contributed by atoms with van der Waals surface area (Å²) in [5.41, 5.74) is -3.26. The Morgan fingerprint density at radius 1 is 0.750 bits per heavy atom. The van der Waals surface area contributed by atoms with E-state index in [1.54, 1.807) is 0 Å². The molecule has 2 nitrogen and oxygen atoms in total. The van der Waals surface area contributed by atoms with Gasteiger partial charge >= 0.3 is 35.8 Å². The quantitative estimate of drug-likeness (QED) is 0.442. The fourth-order valence-corrected chi connectivity index (χ4v) is 3.36. The molecule has 32 heavy (non-hydrogen) atoms. The summed E-state index contributed by atoms with van der Waals surface area (Å²) in [6.45, 7) is 0.586. The normalized spacial score (nSPS) is 21.2. The van der Waals surface area contributed by atoms with E-state index in [2.05, 4.69) is 0 Å². The zero-order valence-corrected chi connectivity index (χ0v) is 15.8. The van der Waals surface area contributed by atoms with Crippen LogP contribution in [-0.2, 0) is 10.2 Å². The van der Waals surface area contributed by atoms with E-state index in [1.165, 1.54) is 6.07 Å². The average Bonchev–Trinajstić information content (AvgIpc) is 2.81. The van der Waals surface area contributed by atoms with Gasteiger partial charge in [-0.2, -0.15) is 57.1 Å². The van der Waals surface area contributed by atoms with E-state index in [0.29, 0.717) is 11.8 Å². The standard InChI is InChI=1S/C17H12F13NO/c1-11(8-5-3-4-6-9(8)31(2)10(11)32)7-12(18,19)13(20,21)14(22,23)15(24,25)16(26,27)17(28,29)30/h3-6H,7H2,1-2H3. The lowest BCUT2D eigenvalue weighted by Gasteiger charge is -2.41. The maximum Gasteiger partial charge on any atom is 0.460 e. The molecule has 1 unspecified atom stereocenters. The van der Waals surface area contributed by atoms with Crippen LogP contribution in [0.2, 0.25) is 0 Å². The Bertz CT molecular complexity index is 908. The molecule has 0 radical (unpaired) electrons. The molecule has 182 valence electrons. The number of amides is 1. The Labute approximate surface area is 171 Å². The second kappa shape index (κ2) is 6.89. The van der Waals surface area contributed by atoms with Crippen molar-refractivity contribution in [2.24, 2.45) is 0 Å². The number of nitrogens with zero attached hydrogens (tertiary/aromatic N) is 1. The Morgan fingerprint density at radius 2 is 1.19 bits per heavy atom. The van der Waals surface area contributed by atoms with Crippen LogP contribution in [0.4, 0.5) is 62.8 Å². The van der Waals surface area contributed by atoms with E-state index in [0.717, 1.165) is 25.2 Å². The van der Waals surface area contributed by atoms with Crippen LogP contribution in [0.3, 0.4) is 0 Å². The third-order valence-electron chi connectivity index (χ3n) is 5.21. The van der Waals surface area contributed by atoms with Crippen molar-refractivity contribution in [2.45, 2.75) is 54.5 Å². The van der Waals surface area contributed by atoms with Crippen molar-refractivity contribution in [1.82, 2.24) is 0 Å². The maximum absolute atomic E-state index is 14.3. The molecule has 1 aromatic rings. The van der Waals surface area contributed by atoms with Crippen molar-refractivity contribution in [1.29, 1.82) is 0 Å². The van der Waals surface area contributed by atoms with E-state index in [1.807, 2.05) is 0 Å². The van der Waals surface area contributed by atoms with Crippen molar-refractivity contribution in [3.05, 3.63) is 29.8 Å². The molecule has 1 aliphatic rings. The smallest absolute Gasteiger partial charge is 0.314 e. The fourth-order valence-electron chi connectivity index (χ4n) is 3.36. The number of hydrogen-bond donors (Lipinski definition) is 0. The summed E-state index contributed by atoms with van der Waals surface area (Å²) in [7, 11) is 0.995. The van der Waals surface area contributed by atoms with Crippen LogP contribution in [0, 0.1) is 0 Å². The van der Waals surface area contributed by atoms with Gasteiger partial charge in [-0.05, 0) is 18.6 Å². The van der Waals surface area contributed by atoms with Gasteiger partial charge < -0.3 is 4.90 Å². The van der Waals surface area contributed by atoms with Gasteiger partial charge in [0.25, 0.3) is 0 Å². The summed E-state index contributed by atoms with van der Waals surface area (Å²) < 4.78 is 173. The second-order valence-corrected chi connectivity index (χ2v) is 7.39. The molecule has 15 heteroatoms. The third kappa shape index (κ3) is 3.13. The van der Waals surface area contributed by atoms with Crippen molar-refractivity contribution in [3.8, 4) is 0 Å². The van der Waals surface area contributed by atoms with Crippen LogP contribution in [0.1, 0.15) is 18.9 Å². The molecule has 1 amide bonds. The number of fused-ring (bicyclic) bond motifs is 1. The topological polar surface area (TPSA) is 20.3 Å². The van der Waals surface area contributed by atoms with Crippen molar-refractivity contribution >= 4 is 11.6 Å². The van der Waals surface area contributed by atoms with Gasteiger partial charge in [0.05, 0.1) is 5.41 Å². The highest BCUT2D eigenvalue weighted by molar-refractivity contribution is 6.07. The number of rotatable bonds is 6. The molecule has 0 N–H and O–H groups in total. The van der Waals surface area contributed by atoms with Gasteiger partial charge in [-0.3, -0.25) is 4.79 Å². The summed E-state index contributed by atoms with van der Waals surface area (Å²) in [6, 6.07) is 4.55. The number of likely N-dealkylation sites (N-methyl/N-ethyl adjacent to an activating group) is 1. The van der Waals surface area contributed by atoms with Gasteiger partial charge in [0, 0.05) is 19.2 Å². The summed E-state index contributed by atoms with van der Waals surface area (Å²) in [5, 5.41) is 0. The number of carbonyl (C=O) groups is 1. The van der Waals surface area contributed by atoms with Crippen LogP contribution in [-0.4, -0.2) is 48.7 Å². The first kappa shape index (κ1) is 26.0. The fraction of sp³-hybridized carbons (Fsp3) is 0.588. The molecular weight excluding hydrogens is 481 g/mol. The molecule has 0 fully saturated rings. The predicted molar refractivity (Wildman–Crippen MR) is 82.6 cm³/mol. The second-order valence-electron chi connectivity index (χ2n) is 7.39. The number of hydrogen-bond acceptors (Lipinski definition) is 1. The van der Waals surface area contributed by atoms with E-state index in [4.69, 9.17) is 0 Å². The number of carbonyl (C=O) groups excluding carboxylic acids is 1. The van der Waals surface area contributed by atoms with E-state index < -0.39 is 59.1 Å². The average molecular weight is 493 g/mol. The van der Waals surface area contributed by atoms with E-state index in [9.17, 15) is 61.9 Å². The third-order valence-corrected chi connectivity index (χ3v) is 5.21. The molecule has 0 saturated carbocycles. The molecule has 0 saturated heterocycles. The molecule has 1 atom stereocenters. The number of halogens is 13. The van der Waals surface area contributed by atoms with Crippen LogP contribution < -0.4 is 4.90 Å². The minimum Gasteiger partial charge on any atom is -0.314 e. The molecule has 0 spiro atoms. The summed E-state index contributed by atoms with van der Waals surface area (Å²) in [4.78, 5) is 13.0. The summed E-state index contributed by atoms with van der Waals surface area (Å²) in [6.07, 6.45) is -10.1. The lowest BCUT2D eigenvalue weighted by Crippen LogP contribution is -2.70. The first-order valence-electron chi connectivity index (χ1n) is 8.34. The van der Waals surface area contributed by atoms with Crippen LogP contribution in [0.15, 0.2) is 24.3 Å². The Kier molecular flexibility index (Phi) is 5.61. The minimum absolute atomic E-state index is 0.125. The summed E-state index contributed by atoms with van der Waals surface area (Å²) in [5.74, 6) is -38.8. The van der Waals surface area contributed by atoms with Crippen molar-refractivity contribution < 1.29 is 61.9 Å². The maximum atomic E-state index is 14.3. The van der Waals surface area contributed by atoms with Gasteiger partial charge in [-0.25, -0.2) is 0 Å². The number of para-hydroxylation sites is 1. The minimum atomic E-state index is -7.97. The SMILES string of the molecule is CN1C(=O)C(C)(CC(F)(F)C(F)(F)C(F)(F)C(F)(F)C(F)(F)C(F)(F)F)c2ccccc21. The zero-order chi connectivity index (χ0) is 25.3. The van der Waals surface area contributed by atoms with Crippen molar-refractivity contribution in [3.63, 3.8) is 0 Å². The molecule has 1 aliphatic heterocycles. The number of alkyl halides is 13. The molecule has 0 aromatic heterocycles. The number of anilines is 1. The predicted octanol–water partition coefficient (Wildman–Crippen LogP) is 6.05. The Balaban J connectivity index is 2.57. The zero-order valence-electron chi connectivity index (χ0n) is 15.8. The molecule has 1 heterocycles. The molecule has 0 aliphatic carbocycles. The highest BCUT2D eigenvalue weighted by Crippen LogP contribution is 2.62. The molecular formula is C17H12F13NO. The molecule has 0 bridgehead atoms. The molecule has 1 aromatic carbocycles. The van der Waals surface area contributed by atoms with Gasteiger partial charge in [0.1, 0.15) is 0 Å². The van der Waals surface area contributed by atoms with Crippen molar-refractivity contribution in [2.75, 3.05) is 11.9 Å². The van der Waals surface area contributed by atoms with Gasteiger partial charge in [-0.1, -0.05) is 18.2 Å². The Hall–Kier alpha value is -2.22. The first-order valence-corrected chi connectivity index (χ1v) is 8.34. The van der Waals surface area contributed by atoms with Crippen LogP contribution in [0.25, 0.3) is 0 Å². The van der Waals surface area contributed by atoms with E-state index in [-0.39, 0.29) is 5.69 Å². The number of benzene rings is 1. The Morgan fingerprint density at radius 3 is 1.66 bits per heavy atom. The highest BCUT2D eigenvalue weighted by atomic mass is 19.4. The largest absolute Gasteiger partial charge is 0.460 e.